The summed E-state index contributed by atoms with van der Waals surface area (Å²) in [6.45, 7) is 12.7. The third-order valence-electron chi connectivity index (χ3n) is 9.24. The van der Waals surface area contributed by atoms with Crippen molar-refractivity contribution in [1.29, 1.82) is 0 Å². The highest BCUT2D eigenvalue weighted by atomic mass is 16.7. The standard InChI is InChI=1S/C28H34N2O3/c1-18-14-20-21(15-25(2,3)16-22(20)30(18)19-10-8-7-9-11-19)29-33-24(32)28-13-12-27(6,23(31)17-28)26(28,4)5/h7-11,14H,12-13,15-17H2,1-6H3/b29-21+. The number of oxime groups is 1. The predicted molar refractivity (Wildman–Crippen MR) is 128 cm³/mol. The molecule has 5 nitrogen and oxygen atoms in total. The molecule has 0 amide bonds. The number of Topliss-reactive ketones (excluding diaryl/α,β-unsaturated/α-hetero) is 1. The fourth-order valence-corrected chi connectivity index (χ4v) is 6.69. The molecule has 1 aromatic carbocycles. The zero-order valence-corrected chi connectivity index (χ0v) is 20.6. The number of para-hydroxylation sites is 1. The molecule has 2 atom stereocenters. The lowest BCUT2D eigenvalue weighted by atomic mass is 9.65. The number of hydrogen-bond donors (Lipinski definition) is 0. The number of carbonyl (C=O) groups excluding carboxylic acids is 2. The van der Waals surface area contributed by atoms with E-state index >= 15 is 0 Å². The summed E-state index contributed by atoms with van der Waals surface area (Å²) in [5.41, 5.74) is 3.65. The van der Waals surface area contributed by atoms with Crippen molar-refractivity contribution < 1.29 is 14.4 Å². The van der Waals surface area contributed by atoms with Crippen LogP contribution in [0, 0.1) is 28.6 Å². The fourth-order valence-electron chi connectivity index (χ4n) is 6.69. The molecule has 33 heavy (non-hydrogen) atoms. The number of aromatic nitrogens is 1. The van der Waals surface area contributed by atoms with Crippen LogP contribution >= 0.6 is 0 Å². The number of carbonyl (C=O) groups is 2. The van der Waals surface area contributed by atoms with E-state index in [9.17, 15) is 9.59 Å². The van der Waals surface area contributed by atoms with Crippen LogP contribution in [0.5, 0.6) is 0 Å². The first-order valence-corrected chi connectivity index (χ1v) is 12.0. The number of aryl methyl sites for hydroxylation is 1. The molecule has 1 aromatic heterocycles. The fraction of sp³-hybridized carbons (Fsp3) is 0.536. The molecule has 5 heteroatoms. The second-order valence-electron chi connectivity index (χ2n) is 11.9. The Hall–Kier alpha value is -2.69. The van der Waals surface area contributed by atoms with E-state index in [2.05, 4.69) is 48.7 Å². The Morgan fingerprint density at radius 2 is 1.70 bits per heavy atom. The zero-order valence-electron chi connectivity index (χ0n) is 20.6. The average molecular weight is 447 g/mol. The van der Waals surface area contributed by atoms with Gasteiger partial charge in [-0.25, -0.2) is 4.79 Å². The Kier molecular flexibility index (Phi) is 4.63. The summed E-state index contributed by atoms with van der Waals surface area (Å²) in [4.78, 5) is 31.9. The minimum Gasteiger partial charge on any atom is -0.318 e. The molecular formula is C28H34N2O3. The third-order valence-corrected chi connectivity index (χ3v) is 9.24. The van der Waals surface area contributed by atoms with Crippen LogP contribution in [0.2, 0.25) is 0 Å². The van der Waals surface area contributed by atoms with Crippen LogP contribution in [0.4, 0.5) is 0 Å². The lowest BCUT2D eigenvalue weighted by Crippen LogP contribution is -2.41. The molecule has 0 radical (unpaired) electrons. The van der Waals surface area contributed by atoms with E-state index in [1.54, 1.807) is 0 Å². The molecule has 0 saturated heterocycles. The van der Waals surface area contributed by atoms with E-state index in [4.69, 9.17) is 4.84 Å². The van der Waals surface area contributed by atoms with E-state index in [1.165, 1.54) is 5.69 Å². The van der Waals surface area contributed by atoms with Crippen LogP contribution in [0.3, 0.4) is 0 Å². The minimum atomic E-state index is -0.776. The summed E-state index contributed by atoms with van der Waals surface area (Å²) in [7, 11) is 0. The van der Waals surface area contributed by atoms with Gasteiger partial charge in [-0.15, -0.1) is 0 Å². The number of fused-ring (bicyclic) bond motifs is 3. The third kappa shape index (κ3) is 2.93. The van der Waals surface area contributed by atoms with Crippen molar-refractivity contribution in [2.75, 3.05) is 0 Å². The molecule has 3 aliphatic carbocycles. The smallest absolute Gasteiger partial charge is 0.318 e. The lowest BCUT2D eigenvalue weighted by Gasteiger charge is -2.37. The number of benzene rings is 1. The molecule has 3 aliphatic rings. The van der Waals surface area contributed by atoms with Gasteiger partial charge in [-0.1, -0.05) is 58.0 Å². The Morgan fingerprint density at radius 1 is 1.00 bits per heavy atom. The van der Waals surface area contributed by atoms with Crippen LogP contribution in [0.1, 0.15) is 77.3 Å². The molecule has 2 fully saturated rings. The maximum absolute atomic E-state index is 13.5. The summed E-state index contributed by atoms with van der Waals surface area (Å²) in [6, 6.07) is 12.5. The van der Waals surface area contributed by atoms with Gasteiger partial charge in [0.2, 0.25) is 0 Å². The van der Waals surface area contributed by atoms with Crippen LogP contribution in [-0.2, 0) is 20.8 Å². The Balaban J connectivity index is 1.51. The molecule has 2 saturated carbocycles. The topological polar surface area (TPSA) is 60.7 Å². The van der Waals surface area contributed by atoms with Gasteiger partial charge in [-0.3, -0.25) is 4.79 Å². The minimum absolute atomic E-state index is 0.0115. The van der Waals surface area contributed by atoms with Crippen LogP contribution in [0.15, 0.2) is 41.6 Å². The van der Waals surface area contributed by atoms with E-state index in [1.807, 2.05) is 39.0 Å². The normalized spacial score (nSPS) is 30.5. The number of ketones is 1. The average Bonchev–Trinajstić information content (AvgIpc) is 3.23. The summed E-state index contributed by atoms with van der Waals surface area (Å²) in [5.74, 6) is -0.168. The van der Waals surface area contributed by atoms with Gasteiger partial charge in [-0.2, -0.15) is 0 Å². The first-order valence-electron chi connectivity index (χ1n) is 12.0. The van der Waals surface area contributed by atoms with E-state index < -0.39 is 16.2 Å². The maximum atomic E-state index is 13.5. The molecular weight excluding hydrogens is 412 g/mol. The van der Waals surface area contributed by atoms with Crippen molar-refractivity contribution >= 4 is 17.5 Å². The molecule has 2 unspecified atom stereocenters. The maximum Gasteiger partial charge on any atom is 0.342 e. The van der Waals surface area contributed by atoms with E-state index in [-0.39, 0.29) is 23.6 Å². The molecule has 2 aromatic rings. The Morgan fingerprint density at radius 3 is 2.30 bits per heavy atom. The molecule has 0 aliphatic heterocycles. The van der Waals surface area contributed by atoms with Gasteiger partial charge in [0.05, 0.1) is 11.1 Å². The van der Waals surface area contributed by atoms with Gasteiger partial charge in [0, 0.05) is 34.5 Å². The Bertz CT molecular complexity index is 1190. The second kappa shape index (κ2) is 6.91. The number of rotatable bonds is 3. The van der Waals surface area contributed by atoms with E-state index in [0.29, 0.717) is 6.42 Å². The predicted octanol–water partition coefficient (Wildman–Crippen LogP) is 5.79. The molecule has 0 N–H and O–H groups in total. The van der Waals surface area contributed by atoms with E-state index in [0.717, 1.165) is 41.9 Å². The monoisotopic (exact) mass is 446 g/mol. The summed E-state index contributed by atoms with van der Waals surface area (Å²) in [5, 5.41) is 4.48. The Labute approximate surface area is 196 Å². The van der Waals surface area contributed by atoms with Crippen molar-refractivity contribution in [2.45, 2.75) is 73.6 Å². The lowest BCUT2D eigenvalue weighted by molar-refractivity contribution is -0.161. The summed E-state index contributed by atoms with van der Waals surface area (Å²) < 4.78 is 2.29. The van der Waals surface area contributed by atoms with Gasteiger partial charge in [0.15, 0.2) is 0 Å². The zero-order chi connectivity index (χ0) is 23.8. The SMILES string of the molecule is Cc1cc2c(n1-c1ccccc1)CC(C)(C)C/C2=N\OC(=O)C12CCC(C)(C(=O)C1)C2(C)C. The first kappa shape index (κ1) is 22.1. The van der Waals surface area contributed by atoms with Crippen LogP contribution in [-0.4, -0.2) is 22.0 Å². The molecule has 2 bridgehead atoms. The molecule has 1 heterocycles. The summed E-state index contributed by atoms with van der Waals surface area (Å²) >= 11 is 0. The van der Waals surface area contributed by atoms with Crippen molar-refractivity contribution in [1.82, 2.24) is 4.57 Å². The molecule has 5 rings (SSSR count). The van der Waals surface area contributed by atoms with Crippen molar-refractivity contribution in [2.24, 2.45) is 26.8 Å². The van der Waals surface area contributed by atoms with Gasteiger partial charge < -0.3 is 9.40 Å². The largest absolute Gasteiger partial charge is 0.342 e. The van der Waals surface area contributed by atoms with Gasteiger partial charge >= 0.3 is 5.97 Å². The van der Waals surface area contributed by atoms with Crippen molar-refractivity contribution in [3.8, 4) is 5.69 Å². The summed E-state index contributed by atoms with van der Waals surface area (Å²) in [6.07, 6.45) is 3.34. The quantitative estimate of drug-likeness (QED) is 0.443. The highest BCUT2D eigenvalue weighted by molar-refractivity contribution is 6.04. The van der Waals surface area contributed by atoms with Crippen molar-refractivity contribution in [3.05, 3.63) is 53.3 Å². The molecule has 0 spiro atoms. The first-order chi connectivity index (χ1) is 15.4. The number of nitrogens with zero attached hydrogens (tertiary/aromatic N) is 2. The highest BCUT2D eigenvalue weighted by Gasteiger charge is 2.73. The molecule has 174 valence electrons. The number of hydrogen-bond acceptors (Lipinski definition) is 4. The van der Waals surface area contributed by atoms with Crippen LogP contribution in [0.25, 0.3) is 5.69 Å². The van der Waals surface area contributed by atoms with Gasteiger partial charge in [-0.05, 0) is 61.6 Å². The van der Waals surface area contributed by atoms with Gasteiger partial charge in [0.1, 0.15) is 5.78 Å². The van der Waals surface area contributed by atoms with Crippen LogP contribution < -0.4 is 0 Å². The van der Waals surface area contributed by atoms with Gasteiger partial charge in [0.25, 0.3) is 0 Å². The van der Waals surface area contributed by atoms with Crippen molar-refractivity contribution in [3.63, 3.8) is 0 Å². The second-order valence-corrected chi connectivity index (χ2v) is 11.9. The highest BCUT2D eigenvalue weighted by Crippen LogP contribution is 2.70.